The summed E-state index contributed by atoms with van der Waals surface area (Å²) in [4.78, 5) is 0.799. The van der Waals surface area contributed by atoms with Gasteiger partial charge in [0.05, 0.1) is 4.99 Å². The first-order valence-electron chi connectivity index (χ1n) is 3.84. The Balaban J connectivity index is 2.44. The molecule has 0 bridgehead atoms. The third kappa shape index (κ3) is 1.32. The molecule has 12 heavy (non-hydrogen) atoms. The minimum atomic E-state index is -0.217. The van der Waals surface area contributed by atoms with Crippen molar-refractivity contribution in [2.75, 3.05) is 5.32 Å². The lowest BCUT2D eigenvalue weighted by molar-refractivity contribution is 0.627. The van der Waals surface area contributed by atoms with Crippen molar-refractivity contribution in [2.45, 2.75) is 12.8 Å². The lowest BCUT2D eigenvalue weighted by Gasteiger charge is -2.18. The number of rotatable bonds is 0. The standard InChI is InChI=1S/C9H8FNS/c10-7-3-1-6-2-4-9(12)11-8(6)5-7/h1,3,5H,2,4H2,(H,11,12). The molecule has 62 valence electrons. The fourth-order valence-electron chi connectivity index (χ4n) is 1.34. The number of benzene rings is 1. The Morgan fingerprint density at radius 3 is 3.00 bits per heavy atom. The highest BCUT2D eigenvalue weighted by atomic mass is 32.1. The maximum atomic E-state index is 12.7. The zero-order valence-electron chi connectivity index (χ0n) is 6.43. The number of hydrogen-bond donors (Lipinski definition) is 1. The highest BCUT2D eigenvalue weighted by molar-refractivity contribution is 7.80. The summed E-state index contributed by atoms with van der Waals surface area (Å²) in [6.45, 7) is 0. The van der Waals surface area contributed by atoms with Crippen LogP contribution < -0.4 is 5.32 Å². The monoisotopic (exact) mass is 181 g/mol. The molecule has 1 heterocycles. The molecule has 0 amide bonds. The maximum absolute atomic E-state index is 12.7. The first-order chi connectivity index (χ1) is 5.75. The summed E-state index contributed by atoms with van der Waals surface area (Å²) in [5.74, 6) is -0.217. The topological polar surface area (TPSA) is 12.0 Å². The lowest BCUT2D eigenvalue weighted by atomic mass is 10.0. The van der Waals surface area contributed by atoms with E-state index in [9.17, 15) is 4.39 Å². The smallest absolute Gasteiger partial charge is 0.125 e. The van der Waals surface area contributed by atoms with E-state index in [0.717, 1.165) is 29.1 Å². The fourth-order valence-corrected chi connectivity index (χ4v) is 1.56. The van der Waals surface area contributed by atoms with E-state index >= 15 is 0 Å². The predicted octanol–water partition coefficient (Wildman–Crippen LogP) is 2.51. The van der Waals surface area contributed by atoms with Crippen LogP contribution in [-0.4, -0.2) is 4.99 Å². The summed E-state index contributed by atoms with van der Waals surface area (Å²) >= 11 is 4.99. The van der Waals surface area contributed by atoms with E-state index in [1.54, 1.807) is 6.07 Å². The Labute approximate surface area is 75.6 Å². The molecule has 0 saturated heterocycles. The normalized spacial score (nSPS) is 15.2. The van der Waals surface area contributed by atoms with Gasteiger partial charge in [0.25, 0.3) is 0 Å². The SMILES string of the molecule is Fc1ccc2c(c1)NC(=S)CC2. The number of fused-ring (bicyclic) bond motifs is 1. The van der Waals surface area contributed by atoms with Crippen molar-refractivity contribution in [3.8, 4) is 0 Å². The Hall–Kier alpha value is -0.960. The van der Waals surface area contributed by atoms with Crippen molar-refractivity contribution in [1.29, 1.82) is 0 Å². The Morgan fingerprint density at radius 2 is 2.17 bits per heavy atom. The largest absolute Gasteiger partial charge is 0.350 e. The molecular formula is C9H8FNS. The molecule has 0 radical (unpaired) electrons. The number of halogens is 1. The van der Waals surface area contributed by atoms with Gasteiger partial charge in [-0.05, 0) is 24.1 Å². The van der Waals surface area contributed by atoms with Crippen molar-refractivity contribution in [2.24, 2.45) is 0 Å². The van der Waals surface area contributed by atoms with E-state index in [1.165, 1.54) is 12.1 Å². The number of nitrogens with one attached hydrogen (secondary N) is 1. The number of aryl methyl sites for hydroxylation is 1. The van der Waals surface area contributed by atoms with Gasteiger partial charge in [-0.25, -0.2) is 4.39 Å². The van der Waals surface area contributed by atoms with Crippen LogP contribution in [0.25, 0.3) is 0 Å². The molecule has 2 rings (SSSR count). The molecule has 1 aromatic carbocycles. The molecule has 0 unspecified atom stereocenters. The van der Waals surface area contributed by atoms with Gasteiger partial charge >= 0.3 is 0 Å². The molecule has 0 fully saturated rings. The van der Waals surface area contributed by atoms with E-state index < -0.39 is 0 Å². The molecule has 0 atom stereocenters. The summed E-state index contributed by atoms with van der Waals surface area (Å²) < 4.78 is 12.7. The molecule has 1 aromatic rings. The first-order valence-corrected chi connectivity index (χ1v) is 4.25. The number of hydrogen-bond acceptors (Lipinski definition) is 1. The summed E-state index contributed by atoms with van der Waals surface area (Å²) in [7, 11) is 0. The van der Waals surface area contributed by atoms with E-state index in [-0.39, 0.29) is 5.82 Å². The van der Waals surface area contributed by atoms with Crippen LogP contribution in [0.5, 0.6) is 0 Å². The third-order valence-corrected chi connectivity index (χ3v) is 2.27. The van der Waals surface area contributed by atoms with Gasteiger partial charge in [0, 0.05) is 12.1 Å². The average molecular weight is 181 g/mol. The second-order valence-corrected chi connectivity index (χ2v) is 3.34. The number of thiocarbonyl (C=S) groups is 1. The molecule has 1 N–H and O–H groups in total. The lowest BCUT2D eigenvalue weighted by Crippen LogP contribution is -2.17. The highest BCUT2D eigenvalue weighted by Crippen LogP contribution is 2.23. The minimum Gasteiger partial charge on any atom is -0.350 e. The zero-order chi connectivity index (χ0) is 8.55. The Kier molecular flexibility index (Phi) is 1.81. The van der Waals surface area contributed by atoms with Crippen LogP contribution in [0.3, 0.4) is 0 Å². The van der Waals surface area contributed by atoms with Crippen molar-refractivity contribution in [3.63, 3.8) is 0 Å². The second-order valence-electron chi connectivity index (χ2n) is 2.85. The zero-order valence-corrected chi connectivity index (χ0v) is 7.25. The fraction of sp³-hybridized carbons (Fsp3) is 0.222. The van der Waals surface area contributed by atoms with Gasteiger partial charge in [0.15, 0.2) is 0 Å². The van der Waals surface area contributed by atoms with E-state index in [1.807, 2.05) is 0 Å². The van der Waals surface area contributed by atoms with Crippen LogP contribution in [-0.2, 0) is 6.42 Å². The molecule has 0 aromatic heterocycles. The quantitative estimate of drug-likeness (QED) is 0.617. The summed E-state index contributed by atoms with van der Waals surface area (Å²) in [5.41, 5.74) is 1.97. The Bertz CT molecular complexity index is 335. The van der Waals surface area contributed by atoms with Crippen LogP contribution >= 0.6 is 12.2 Å². The molecular weight excluding hydrogens is 173 g/mol. The van der Waals surface area contributed by atoms with Gasteiger partial charge in [-0.15, -0.1) is 0 Å². The minimum absolute atomic E-state index is 0.217. The van der Waals surface area contributed by atoms with Crippen LogP contribution in [0.2, 0.25) is 0 Å². The van der Waals surface area contributed by atoms with Gasteiger partial charge in [-0.2, -0.15) is 0 Å². The van der Waals surface area contributed by atoms with Gasteiger partial charge in [-0.3, -0.25) is 0 Å². The van der Waals surface area contributed by atoms with E-state index in [2.05, 4.69) is 5.32 Å². The van der Waals surface area contributed by atoms with E-state index in [0.29, 0.717) is 0 Å². The summed E-state index contributed by atoms with van der Waals surface area (Å²) in [6, 6.07) is 4.77. The van der Waals surface area contributed by atoms with Crippen LogP contribution in [0.15, 0.2) is 18.2 Å². The molecule has 3 heteroatoms. The van der Waals surface area contributed by atoms with Crippen molar-refractivity contribution in [3.05, 3.63) is 29.6 Å². The van der Waals surface area contributed by atoms with Crippen molar-refractivity contribution in [1.82, 2.24) is 0 Å². The molecule has 0 aliphatic carbocycles. The predicted molar refractivity (Wildman–Crippen MR) is 50.9 cm³/mol. The molecule has 1 aliphatic heterocycles. The van der Waals surface area contributed by atoms with Crippen LogP contribution in [0, 0.1) is 5.82 Å². The van der Waals surface area contributed by atoms with Gasteiger partial charge in [-0.1, -0.05) is 18.3 Å². The van der Waals surface area contributed by atoms with Gasteiger partial charge in [0.2, 0.25) is 0 Å². The Morgan fingerprint density at radius 1 is 1.33 bits per heavy atom. The van der Waals surface area contributed by atoms with Gasteiger partial charge < -0.3 is 5.32 Å². The molecule has 0 saturated carbocycles. The van der Waals surface area contributed by atoms with Crippen LogP contribution in [0.4, 0.5) is 10.1 Å². The highest BCUT2D eigenvalue weighted by Gasteiger charge is 2.11. The van der Waals surface area contributed by atoms with Crippen molar-refractivity contribution < 1.29 is 4.39 Å². The summed E-state index contributed by atoms with van der Waals surface area (Å²) in [6.07, 6.45) is 1.79. The van der Waals surface area contributed by atoms with Gasteiger partial charge in [0.1, 0.15) is 5.82 Å². The van der Waals surface area contributed by atoms with Crippen molar-refractivity contribution >= 4 is 22.9 Å². The molecule has 1 aliphatic rings. The van der Waals surface area contributed by atoms with E-state index in [4.69, 9.17) is 12.2 Å². The summed E-state index contributed by atoms with van der Waals surface area (Å²) in [5, 5.41) is 2.99. The maximum Gasteiger partial charge on any atom is 0.125 e. The number of anilines is 1. The van der Waals surface area contributed by atoms with Crippen LogP contribution in [0.1, 0.15) is 12.0 Å². The average Bonchev–Trinajstić information content (AvgIpc) is 2.03. The molecule has 1 nitrogen and oxygen atoms in total. The third-order valence-electron chi connectivity index (χ3n) is 1.97. The first kappa shape index (κ1) is 7.68. The molecule has 0 spiro atoms. The second kappa shape index (κ2) is 2.83.